The van der Waals surface area contributed by atoms with Crippen molar-refractivity contribution in [1.29, 1.82) is 0 Å². The van der Waals surface area contributed by atoms with Gasteiger partial charge in [-0.15, -0.1) is 0 Å². The molecule has 1 aromatic heterocycles. The van der Waals surface area contributed by atoms with Crippen molar-refractivity contribution in [2.45, 2.75) is 26.4 Å². The maximum atomic E-state index is 13.2. The lowest BCUT2D eigenvalue weighted by Crippen LogP contribution is -2.01. The van der Waals surface area contributed by atoms with Gasteiger partial charge >= 0.3 is 0 Å². The summed E-state index contributed by atoms with van der Waals surface area (Å²) in [7, 11) is 1.60. The first-order chi connectivity index (χ1) is 6.15. The molecule has 0 fully saturated rings. The molecule has 0 unspecified atom stereocenters. The number of pyridine rings is 1. The third kappa shape index (κ3) is 2.49. The van der Waals surface area contributed by atoms with Gasteiger partial charge in [0.2, 0.25) is 0 Å². The third-order valence-electron chi connectivity index (χ3n) is 1.77. The topological polar surface area (TPSA) is 22.1 Å². The average Bonchev–Trinajstić information content (AvgIpc) is 2.08. The zero-order valence-electron chi connectivity index (χ0n) is 8.17. The van der Waals surface area contributed by atoms with Crippen LogP contribution in [0.25, 0.3) is 0 Å². The summed E-state index contributed by atoms with van der Waals surface area (Å²) < 4.78 is 18.1. The molecule has 72 valence electrons. The van der Waals surface area contributed by atoms with Gasteiger partial charge in [0.1, 0.15) is 5.82 Å². The van der Waals surface area contributed by atoms with E-state index in [-0.39, 0.29) is 11.7 Å². The first-order valence-corrected chi connectivity index (χ1v) is 4.29. The van der Waals surface area contributed by atoms with E-state index in [4.69, 9.17) is 4.74 Å². The Hall–Kier alpha value is -0.960. The van der Waals surface area contributed by atoms with Crippen LogP contribution in [-0.2, 0) is 11.3 Å². The lowest BCUT2D eigenvalue weighted by atomic mass is 10.1. The smallest absolute Gasteiger partial charge is 0.144 e. The molecular weight excluding hydrogens is 169 g/mol. The Balaban J connectivity index is 2.97. The molecule has 0 N–H and O–H groups in total. The molecule has 0 atom stereocenters. The van der Waals surface area contributed by atoms with Gasteiger partial charge < -0.3 is 4.74 Å². The fourth-order valence-electron chi connectivity index (χ4n) is 1.13. The van der Waals surface area contributed by atoms with E-state index in [0.29, 0.717) is 12.3 Å². The molecule has 0 spiro atoms. The van der Waals surface area contributed by atoms with Gasteiger partial charge in [0.25, 0.3) is 0 Å². The molecule has 0 aliphatic carbocycles. The monoisotopic (exact) mass is 183 g/mol. The molecule has 1 heterocycles. The van der Waals surface area contributed by atoms with E-state index in [9.17, 15) is 4.39 Å². The van der Waals surface area contributed by atoms with Crippen LogP contribution in [0, 0.1) is 5.82 Å². The molecule has 13 heavy (non-hydrogen) atoms. The van der Waals surface area contributed by atoms with Gasteiger partial charge in [-0.3, -0.25) is 4.98 Å². The van der Waals surface area contributed by atoms with Crippen molar-refractivity contribution in [3.8, 4) is 0 Å². The van der Waals surface area contributed by atoms with E-state index in [1.165, 1.54) is 6.07 Å². The second-order valence-electron chi connectivity index (χ2n) is 3.26. The summed E-state index contributed by atoms with van der Waals surface area (Å²) >= 11 is 0. The summed E-state index contributed by atoms with van der Waals surface area (Å²) in [5.74, 6) is -0.133. The maximum absolute atomic E-state index is 13.2. The Morgan fingerprint density at radius 2 is 2.15 bits per heavy atom. The Bertz CT molecular complexity index is 286. The summed E-state index contributed by atoms with van der Waals surface area (Å²) in [4.78, 5) is 4.16. The highest BCUT2D eigenvalue weighted by molar-refractivity contribution is 5.15. The van der Waals surface area contributed by atoms with E-state index in [0.717, 1.165) is 5.69 Å². The van der Waals surface area contributed by atoms with Crippen molar-refractivity contribution >= 4 is 0 Å². The number of ether oxygens (including phenoxy) is 1. The fourth-order valence-corrected chi connectivity index (χ4v) is 1.13. The van der Waals surface area contributed by atoms with Gasteiger partial charge in [0.05, 0.1) is 18.0 Å². The number of rotatable bonds is 3. The molecule has 1 aromatic rings. The molecule has 0 radical (unpaired) electrons. The molecule has 0 saturated carbocycles. The van der Waals surface area contributed by atoms with Crippen LogP contribution in [0.4, 0.5) is 4.39 Å². The van der Waals surface area contributed by atoms with Crippen LogP contribution in [0.15, 0.2) is 12.1 Å². The first kappa shape index (κ1) is 10.1. The zero-order chi connectivity index (χ0) is 9.84. The minimum atomic E-state index is -0.241. The van der Waals surface area contributed by atoms with Crippen LogP contribution in [-0.4, -0.2) is 12.1 Å². The van der Waals surface area contributed by atoms with Crippen molar-refractivity contribution in [2.75, 3.05) is 7.11 Å². The number of nitrogens with zero attached hydrogens (tertiary/aromatic N) is 1. The fraction of sp³-hybridized carbons (Fsp3) is 0.500. The number of hydrogen-bond donors (Lipinski definition) is 0. The van der Waals surface area contributed by atoms with Crippen LogP contribution in [0.3, 0.4) is 0 Å². The minimum absolute atomic E-state index is 0.108. The standard InChI is InChI=1S/C10H14FNO/c1-7(2)10-9(11)5-4-8(12-10)6-13-3/h4-5,7H,6H2,1-3H3. The largest absolute Gasteiger partial charge is 0.378 e. The molecule has 0 aromatic carbocycles. The van der Waals surface area contributed by atoms with Gasteiger partial charge in [-0.25, -0.2) is 4.39 Å². The van der Waals surface area contributed by atoms with Crippen LogP contribution in [0.1, 0.15) is 31.2 Å². The van der Waals surface area contributed by atoms with Crippen LogP contribution in [0.5, 0.6) is 0 Å². The van der Waals surface area contributed by atoms with Gasteiger partial charge in [-0.1, -0.05) is 13.8 Å². The third-order valence-corrected chi connectivity index (χ3v) is 1.77. The Morgan fingerprint density at radius 3 is 2.69 bits per heavy atom. The summed E-state index contributed by atoms with van der Waals surface area (Å²) in [6.07, 6.45) is 0. The molecule has 0 aliphatic rings. The van der Waals surface area contributed by atoms with Crippen LogP contribution in [0.2, 0.25) is 0 Å². The van der Waals surface area contributed by atoms with Crippen molar-refractivity contribution in [3.63, 3.8) is 0 Å². The molecule has 1 rings (SSSR count). The molecule has 0 saturated heterocycles. The predicted molar refractivity (Wildman–Crippen MR) is 49.0 cm³/mol. The van der Waals surface area contributed by atoms with E-state index in [1.54, 1.807) is 13.2 Å². The van der Waals surface area contributed by atoms with E-state index < -0.39 is 0 Å². The van der Waals surface area contributed by atoms with Crippen molar-refractivity contribution < 1.29 is 9.13 Å². The quantitative estimate of drug-likeness (QED) is 0.718. The summed E-state index contributed by atoms with van der Waals surface area (Å²) in [5.41, 5.74) is 1.28. The molecular formula is C10H14FNO. The van der Waals surface area contributed by atoms with Gasteiger partial charge in [-0.05, 0) is 18.1 Å². The van der Waals surface area contributed by atoms with Crippen LogP contribution < -0.4 is 0 Å². The number of hydrogen-bond acceptors (Lipinski definition) is 2. The van der Waals surface area contributed by atoms with Crippen molar-refractivity contribution in [1.82, 2.24) is 4.98 Å². The number of halogens is 1. The highest BCUT2D eigenvalue weighted by atomic mass is 19.1. The molecule has 3 heteroatoms. The van der Waals surface area contributed by atoms with Gasteiger partial charge in [0, 0.05) is 7.11 Å². The molecule has 0 aliphatic heterocycles. The van der Waals surface area contributed by atoms with Gasteiger partial charge in [0.15, 0.2) is 0 Å². The van der Waals surface area contributed by atoms with E-state index in [1.807, 2.05) is 13.8 Å². The summed E-state index contributed by atoms with van der Waals surface area (Å²) in [6.45, 7) is 4.27. The maximum Gasteiger partial charge on any atom is 0.144 e. The molecule has 0 amide bonds. The molecule has 0 bridgehead atoms. The Kier molecular flexibility index (Phi) is 3.37. The SMILES string of the molecule is COCc1ccc(F)c(C(C)C)n1. The summed E-state index contributed by atoms with van der Waals surface area (Å²) in [5, 5.41) is 0. The lowest BCUT2D eigenvalue weighted by Gasteiger charge is -2.07. The van der Waals surface area contributed by atoms with E-state index in [2.05, 4.69) is 4.98 Å². The Labute approximate surface area is 77.8 Å². The molecule has 2 nitrogen and oxygen atoms in total. The van der Waals surface area contributed by atoms with Gasteiger partial charge in [-0.2, -0.15) is 0 Å². The van der Waals surface area contributed by atoms with E-state index >= 15 is 0 Å². The zero-order valence-corrected chi connectivity index (χ0v) is 8.17. The second-order valence-corrected chi connectivity index (χ2v) is 3.26. The van der Waals surface area contributed by atoms with Crippen molar-refractivity contribution in [3.05, 3.63) is 29.3 Å². The highest BCUT2D eigenvalue weighted by Crippen LogP contribution is 2.16. The second kappa shape index (κ2) is 4.33. The average molecular weight is 183 g/mol. The minimum Gasteiger partial charge on any atom is -0.378 e. The summed E-state index contributed by atoms with van der Waals surface area (Å²) in [6, 6.07) is 3.08. The predicted octanol–water partition coefficient (Wildman–Crippen LogP) is 2.49. The Morgan fingerprint density at radius 1 is 1.46 bits per heavy atom. The lowest BCUT2D eigenvalue weighted by molar-refractivity contribution is 0.181. The normalized spacial score (nSPS) is 10.8. The number of methoxy groups -OCH3 is 1. The van der Waals surface area contributed by atoms with Crippen LogP contribution >= 0.6 is 0 Å². The highest BCUT2D eigenvalue weighted by Gasteiger charge is 2.08. The van der Waals surface area contributed by atoms with Crippen molar-refractivity contribution in [2.24, 2.45) is 0 Å². The number of aromatic nitrogens is 1. The first-order valence-electron chi connectivity index (χ1n) is 4.29.